The number of halogens is 7. The van der Waals surface area contributed by atoms with Crippen molar-refractivity contribution in [3.63, 3.8) is 0 Å². The van der Waals surface area contributed by atoms with Crippen LogP contribution >= 0.6 is 0 Å². The highest BCUT2D eigenvalue weighted by molar-refractivity contribution is 5.11. The lowest BCUT2D eigenvalue weighted by Gasteiger charge is -2.45. The molecule has 0 heterocycles. The molecule has 1 saturated carbocycles. The summed E-state index contributed by atoms with van der Waals surface area (Å²) in [5.74, 6) is -15.8. The van der Waals surface area contributed by atoms with E-state index in [1.165, 1.54) is 0 Å². The molecule has 1 unspecified atom stereocenters. The molecule has 0 N–H and O–H groups in total. The molecule has 15 heavy (non-hydrogen) atoms. The summed E-state index contributed by atoms with van der Waals surface area (Å²) in [6.07, 6.45) is -3.76. The van der Waals surface area contributed by atoms with E-state index in [1.54, 1.807) is 0 Å². The van der Waals surface area contributed by atoms with Gasteiger partial charge >= 0.3 is 17.8 Å². The Balaban J connectivity index is 3.21. The van der Waals surface area contributed by atoms with E-state index in [2.05, 4.69) is 0 Å². The Kier molecular flexibility index (Phi) is 2.52. The quantitative estimate of drug-likeness (QED) is 0.609. The van der Waals surface area contributed by atoms with Gasteiger partial charge in [0.2, 0.25) is 0 Å². The molecule has 0 bridgehead atoms. The van der Waals surface area contributed by atoms with Gasteiger partial charge in [-0.1, -0.05) is 6.92 Å². The molecule has 1 rings (SSSR count). The van der Waals surface area contributed by atoms with Crippen LogP contribution in [0.4, 0.5) is 30.7 Å². The highest BCUT2D eigenvalue weighted by Gasteiger charge is 2.81. The molecule has 0 amide bonds. The Labute approximate surface area is 81.4 Å². The van der Waals surface area contributed by atoms with Gasteiger partial charge in [-0.05, 0) is 12.8 Å². The average Bonchev–Trinajstić information content (AvgIpc) is 2.11. The van der Waals surface area contributed by atoms with Crippen molar-refractivity contribution >= 4 is 0 Å². The van der Waals surface area contributed by atoms with Crippen molar-refractivity contribution in [2.24, 2.45) is 0 Å². The molecular weight excluding hydrogens is 229 g/mol. The van der Waals surface area contributed by atoms with Crippen LogP contribution in [-0.4, -0.2) is 23.4 Å². The monoisotopic (exact) mass is 238 g/mol. The topological polar surface area (TPSA) is 0 Å². The van der Waals surface area contributed by atoms with E-state index in [9.17, 15) is 30.7 Å². The Bertz CT molecular complexity index is 260. The van der Waals surface area contributed by atoms with Gasteiger partial charge in [-0.3, -0.25) is 0 Å². The van der Waals surface area contributed by atoms with E-state index in [0.29, 0.717) is 0 Å². The second kappa shape index (κ2) is 3.01. The van der Waals surface area contributed by atoms with Gasteiger partial charge in [0.05, 0.1) is 0 Å². The first-order valence-electron chi connectivity index (χ1n) is 4.34. The van der Waals surface area contributed by atoms with E-state index in [1.807, 2.05) is 0 Å². The lowest BCUT2D eigenvalue weighted by Crippen LogP contribution is -2.67. The molecule has 1 aliphatic rings. The Morgan fingerprint density at radius 2 is 1.27 bits per heavy atom. The van der Waals surface area contributed by atoms with Crippen LogP contribution in [0.2, 0.25) is 0 Å². The van der Waals surface area contributed by atoms with Crippen molar-refractivity contribution in [3.05, 3.63) is 0 Å². The van der Waals surface area contributed by atoms with Crippen molar-refractivity contribution in [1.29, 1.82) is 0 Å². The predicted molar refractivity (Wildman–Crippen MR) is 38.2 cm³/mol. The van der Waals surface area contributed by atoms with E-state index in [-0.39, 0.29) is 0 Å². The fourth-order valence-corrected chi connectivity index (χ4v) is 1.58. The molecule has 0 radical (unpaired) electrons. The molecular formula is C8H9F7. The van der Waals surface area contributed by atoms with Gasteiger partial charge in [-0.25, -0.2) is 4.39 Å². The summed E-state index contributed by atoms with van der Waals surface area (Å²) in [4.78, 5) is 0. The predicted octanol–water partition coefficient (Wildman–Crippen LogP) is 3.80. The van der Waals surface area contributed by atoms with Crippen LogP contribution in [0.15, 0.2) is 0 Å². The molecule has 0 aromatic rings. The van der Waals surface area contributed by atoms with E-state index >= 15 is 0 Å². The van der Waals surface area contributed by atoms with Crippen LogP contribution in [0.3, 0.4) is 0 Å². The maximum Gasteiger partial charge on any atom is 0.375 e. The minimum absolute atomic E-state index is 0.924. The zero-order chi connectivity index (χ0) is 12.1. The fourth-order valence-electron chi connectivity index (χ4n) is 1.58. The molecule has 0 saturated heterocycles. The number of hydrogen-bond donors (Lipinski definition) is 0. The molecule has 1 atom stereocenters. The van der Waals surface area contributed by atoms with Crippen molar-refractivity contribution in [2.75, 3.05) is 0 Å². The molecule has 0 spiro atoms. The third-order valence-electron chi connectivity index (χ3n) is 2.81. The smallest absolute Gasteiger partial charge is 0.237 e. The van der Waals surface area contributed by atoms with Gasteiger partial charge in [-0.2, -0.15) is 26.3 Å². The minimum atomic E-state index is -5.64. The highest BCUT2D eigenvalue weighted by Crippen LogP contribution is 2.59. The summed E-state index contributed by atoms with van der Waals surface area (Å²) in [6, 6.07) is 0. The standard InChI is InChI=1S/C8H9F7/c1-2-5(9)3-4-6(10,11)8(14,15)7(5,12)13/h2-4H2,1H3. The third-order valence-corrected chi connectivity index (χ3v) is 2.81. The molecule has 1 aliphatic carbocycles. The Morgan fingerprint density at radius 1 is 0.800 bits per heavy atom. The summed E-state index contributed by atoms with van der Waals surface area (Å²) < 4.78 is 89.7. The first kappa shape index (κ1) is 12.6. The van der Waals surface area contributed by atoms with Crippen molar-refractivity contribution < 1.29 is 30.7 Å². The summed E-state index contributed by atoms with van der Waals surface area (Å²) in [5.41, 5.74) is -3.56. The Morgan fingerprint density at radius 3 is 1.67 bits per heavy atom. The van der Waals surface area contributed by atoms with Crippen LogP contribution in [0, 0.1) is 0 Å². The van der Waals surface area contributed by atoms with Crippen LogP contribution in [-0.2, 0) is 0 Å². The molecule has 0 aliphatic heterocycles. The fraction of sp³-hybridized carbons (Fsp3) is 1.00. The largest absolute Gasteiger partial charge is 0.375 e. The molecule has 0 nitrogen and oxygen atoms in total. The van der Waals surface area contributed by atoms with Crippen LogP contribution in [0.25, 0.3) is 0 Å². The highest BCUT2D eigenvalue weighted by atomic mass is 19.3. The Hall–Kier alpha value is -0.490. The SMILES string of the molecule is CCC1(F)CCC(F)(F)C(F)(F)C1(F)F. The number of hydrogen-bond acceptors (Lipinski definition) is 0. The maximum absolute atomic E-state index is 13.4. The minimum Gasteiger partial charge on any atom is -0.237 e. The first-order chi connectivity index (χ1) is 6.52. The zero-order valence-corrected chi connectivity index (χ0v) is 7.77. The lowest BCUT2D eigenvalue weighted by atomic mass is 9.76. The summed E-state index contributed by atoms with van der Waals surface area (Å²) in [6.45, 7) is 0.924. The van der Waals surface area contributed by atoms with E-state index < -0.39 is 42.7 Å². The van der Waals surface area contributed by atoms with Crippen LogP contribution in [0.1, 0.15) is 26.2 Å². The van der Waals surface area contributed by atoms with Crippen molar-refractivity contribution in [3.8, 4) is 0 Å². The first-order valence-corrected chi connectivity index (χ1v) is 4.34. The summed E-state index contributed by atoms with van der Waals surface area (Å²) >= 11 is 0. The molecule has 1 fully saturated rings. The normalized spacial score (nSPS) is 37.6. The maximum atomic E-state index is 13.4. The summed E-state index contributed by atoms with van der Waals surface area (Å²) in [7, 11) is 0. The van der Waals surface area contributed by atoms with Crippen molar-refractivity contribution in [1.82, 2.24) is 0 Å². The third kappa shape index (κ3) is 1.34. The van der Waals surface area contributed by atoms with E-state index in [4.69, 9.17) is 0 Å². The van der Waals surface area contributed by atoms with Crippen LogP contribution < -0.4 is 0 Å². The van der Waals surface area contributed by atoms with Gasteiger partial charge in [0.25, 0.3) is 0 Å². The molecule has 0 aromatic carbocycles. The summed E-state index contributed by atoms with van der Waals surface area (Å²) in [5, 5.41) is 0. The van der Waals surface area contributed by atoms with Gasteiger partial charge in [0, 0.05) is 6.42 Å². The van der Waals surface area contributed by atoms with Gasteiger partial charge in [0.1, 0.15) is 0 Å². The van der Waals surface area contributed by atoms with Gasteiger partial charge in [0.15, 0.2) is 5.67 Å². The molecule has 0 aromatic heterocycles. The molecule has 7 heteroatoms. The molecule has 90 valence electrons. The van der Waals surface area contributed by atoms with Gasteiger partial charge in [-0.15, -0.1) is 0 Å². The number of alkyl halides is 7. The second-order valence-corrected chi connectivity index (χ2v) is 3.67. The zero-order valence-electron chi connectivity index (χ0n) is 7.77. The van der Waals surface area contributed by atoms with Crippen molar-refractivity contribution in [2.45, 2.75) is 49.6 Å². The lowest BCUT2D eigenvalue weighted by molar-refractivity contribution is -0.368. The average molecular weight is 238 g/mol. The number of rotatable bonds is 1. The van der Waals surface area contributed by atoms with Crippen LogP contribution in [0.5, 0.6) is 0 Å². The van der Waals surface area contributed by atoms with E-state index in [0.717, 1.165) is 6.92 Å². The van der Waals surface area contributed by atoms with Gasteiger partial charge < -0.3 is 0 Å². The second-order valence-electron chi connectivity index (χ2n) is 3.67.